The second kappa shape index (κ2) is 10.0. The van der Waals surface area contributed by atoms with Crippen LogP contribution in [0.1, 0.15) is 37.8 Å². The number of piperidine rings is 1. The summed E-state index contributed by atoms with van der Waals surface area (Å²) >= 11 is 0. The van der Waals surface area contributed by atoms with Crippen LogP contribution in [-0.2, 0) is 27.4 Å². The Balaban J connectivity index is 1.63. The van der Waals surface area contributed by atoms with Gasteiger partial charge >= 0.3 is 0 Å². The van der Waals surface area contributed by atoms with Gasteiger partial charge in [0, 0.05) is 46.0 Å². The summed E-state index contributed by atoms with van der Waals surface area (Å²) in [6.45, 7) is 5.94. The van der Waals surface area contributed by atoms with Gasteiger partial charge in [-0.05, 0) is 24.5 Å². The van der Waals surface area contributed by atoms with E-state index >= 15 is 0 Å². The van der Waals surface area contributed by atoms with E-state index in [9.17, 15) is 4.79 Å². The van der Waals surface area contributed by atoms with Crippen molar-refractivity contribution in [3.8, 4) is 0 Å². The fourth-order valence-corrected chi connectivity index (χ4v) is 4.14. The number of ether oxygens (including phenoxy) is 1. The molecule has 5 nitrogen and oxygen atoms in total. The van der Waals surface area contributed by atoms with E-state index in [1.54, 1.807) is 7.11 Å². The maximum Gasteiger partial charge on any atom is 0.245 e. The maximum atomic E-state index is 12.4. The van der Waals surface area contributed by atoms with Crippen molar-refractivity contribution in [2.24, 2.45) is 0 Å². The van der Waals surface area contributed by atoms with E-state index < -0.39 is 5.72 Å². The van der Waals surface area contributed by atoms with Crippen molar-refractivity contribution in [1.29, 1.82) is 0 Å². The predicted molar refractivity (Wildman–Crippen MR) is 114 cm³/mol. The minimum atomic E-state index is -0.733. The smallest absolute Gasteiger partial charge is 0.245 e. The number of hydroxylamine groups is 2. The average molecular weight is 397 g/mol. The van der Waals surface area contributed by atoms with Gasteiger partial charge in [-0.1, -0.05) is 60.7 Å². The van der Waals surface area contributed by atoms with Gasteiger partial charge in [0.1, 0.15) is 6.61 Å². The normalized spacial score (nSPS) is 22.4. The average Bonchev–Trinajstić information content (AvgIpc) is 2.74. The molecule has 3 rings (SSSR count). The van der Waals surface area contributed by atoms with Crippen molar-refractivity contribution < 1.29 is 14.4 Å². The number of nitrogens with zero attached hydrogens (tertiary/aromatic N) is 2. The summed E-state index contributed by atoms with van der Waals surface area (Å²) in [5, 5.41) is 1.46. The first kappa shape index (κ1) is 21.5. The minimum Gasteiger partial charge on any atom is -0.356 e. The van der Waals surface area contributed by atoms with Gasteiger partial charge < -0.3 is 4.74 Å². The molecule has 1 aliphatic heterocycles. The van der Waals surface area contributed by atoms with Gasteiger partial charge in [0.2, 0.25) is 5.91 Å². The van der Waals surface area contributed by atoms with Crippen molar-refractivity contribution in [3.63, 3.8) is 0 Å². The summed E-state index contributed by atoms with van der Waals surface area (Å²) in [4.78, 5) is 20.9. The van der Waals surface area contributed by atoms with E-state index in [0.717, 1.165) is 31.5 Å². The predicted octanol–water partition coefficient (Wildman–Crippen LogP) is 4.04. The van der Waals surface area contributed by atoms with Crippen LogP contribution in [0.25, 0.3) is 0 Å². The summed E-state index contributed by atoms with van der Waals surface area (Å²) in [6.07, 6.45) is 2.45. The van der Waals surface area contributed by atoms with Gasteiger partial charge in [-0.3, -0.25) is 14.5 Å². The SMILES string of the molecule is COC1(N(OCc2ccccc2)C(C)=O)CCN(CCc2ccccc2)C(C)C1. The van der Waals surface area contributed by atoms with Gasteiger partial charge in [0.25, 0.3) is 0 Å². The van der Waals surface area contributed by atoms with Crippen LogP contribution in [0, 0.1) is 0 Å². The molecule has 0 N–H and O–H groups in total. The molecule has 0 aromatic heterocycles. The second-order valence-corrected chi connectivity index (χ2v) is 7.80. The van der Waals surface area contributed by atoms with E-state index in [0.29, 0.717) is 13.0 Å². The summed E-state index contributed by atoms with van der Waals surface area (Å²) in [6, 6.07) is 20.7. The first-order valence-corrected chi connectivity index (χ1v) is 10.3. The van der Waals surface area contributed by atoms with E-state index in [1.165, 1.54) is 17.6 Å². The lowest BCUT2D eigenvalue weighted by molar-refractivity contribution is -0.304. The fourth-order valence-electron chi connectivity index (χ4n) is 4.14. The lowest BCUT2D eigenvalue weighted by atomic mass is 9.93. The van der Waals surface area contributed by atoms with E-state index in [-0.39, 0.29) is 11.9 Å². The van der Waals surface area contributed by atoms with Crippen LogP contribution in [0.4, 0.5) is 0 Å². The molecule has 0 radical (unpaired) electrons. The second-order valence-electron chi connectivity index (χ2n) is 7.80. The summed E-state index contributed by atoms with van der Waals surface area (Å²) in [5.41, 5.74) is 1.64. The number of carbonyl (C=O) groups excluding carboxylic acids is 1. The zero-order valence-electron chi connectivity index (χ0n) is 17.7. The molecule has 156 valence electrons. The number of carbonyl (C=O) groups is 1. The third-order valence-corrected chi connectivity index (χ3v) is 5.80. The zero-order valence-corrected chi connectivity index (χ0v) is 17.7. The molecular weight excluding hydrogens is 364 g/mol. The van der Waals surface area contributed by atoms with E-state index in [4.69, 9.17) is 9.57 Å². The molecule has 0 saturated carbocycles. The zero-order chi connectivity index (χ0) is 20.7. The Bertz CT molecular complexity index is 768. The summed E-state index contributed by atoms with van der Waals surface area (Å²) in [7, 11) is 1.67. The Morgan fingerprint density at radius 1 is 1.10 bits per heavy atom. The van der Waals surface area contributed by atoms with Crippen molar-refractivity contribution in [1.82, 2.24) is 9.96 Å². The monoisotopic (exact) mass is 396 g/mol. The van der Waals surface area contributed by atoms with Crippen LogP contribution in [-0.4, -0.2) is 47.8 Å². The molecule has 1 amide bonds. The molecule has 2 aromatic rings. The largest absolute Gasteiger partial charge is 0.356 e. The van der Waals surface area contributed by atoms with Gasteiger partial charge in [-0.2, -0.15) is 5.06 Å². The van der Waals surface area contributed by atoms with Crippen LogP contribution in [0.15, 0.2) is 60.7 Å². The Kier molecular flexibility index (Phi) is 7.42. The van der Waals surface area contributed by atoms with Gasteiger partial charge in [0.15, 0.2) is 5.72 Å². The van der Waals surface area contributed by atoms with Gasteiger partial charge in [-0.25, -0.2) is 0 Å². The fraction of sp³-hybridized carbons (Fsp3) is 0.458. The Labute approximate surface area is 174 Å². The highest BCUT2D eigenvalue weighted by Gasteiger charge is 2.45. The highest BCUT2D eigenvalue weighted by Crippen LogP contribution is 2.34. The van der Waals surface area contributed by atoms with Crippen LogP contribution in [0.2, 0.25) is 0 Å². The molecule has 0 aliphatic carbocycles. The molecule has 2 unspecified atom stereocenters. The molecule has 1 saturated heterocycles. The van der Waals surface area contributed by atoms with Crippen molar-refractivity contribution in [2.45, 2.75) is 51.5 Å². The topological polar surface area (TPSA) is 42.0 Å². The number of hydrogen-bond donors (Lipinski definition) is 0. The molecule has 0 bridgehead atoms. The van der Waals surface area contributed by atoms with E-state index in [2.05, 4.69) is 36.1 Å². The third kappa shape index (κ3) is 5.44. The molecule has 0 spiro atoms. The van der Waals surface area contributed by atoms with Crippen molar-refractivity contribution >= 4 is 5.91 Å². The van der Waals surface area contributed by atoms with Crippen LogP contribution >= 0.6 is 0 Å². The van der Waals surface area contributed by atoms with E-state index in [1.807, 2.05) is 36.4 Å². The molecule has 29 heavy (non-hydrogen) atoms. The third-order valence-electron chi connectivity index (χ3n) is 5.80. The molecule has 2 atom stereocenters. The Morgan fingerprint density at radius 2 is 1.72 bits per heavy atom. The molecule has 5 heteroatoms. The number of rotatable bonds is 8. The first-order valence-electron chi connectivity index (χ1n) is 10.3. The number of benzene rings is 2. The number of likely N-dealkylation sites (tertiary alicyclic amines) is 1. The lowest BCUT2D eigenvalue weighted by Gasteiger charge is -2.48. The molecule has 1 aliphatic rings. The Morgan fingerprint density at radius 3 is 2.28 bits per heavy atom. The molecule has 1 fully saturated rings. The minimum absolute atomic E-state index is 0.132. The van der Waals surface area contributed by atoms with Crippen molar-refractivity contribution in [3.05, 3.63) is 71.8 Å². The number of methoxy groups -OCH3 is 1. The highest BCUT2D eigenvalue weighted by atomic mass is 16.7. The maximum absolute atomic E-state index is 12.4. The van der Waals surface area contributed by atoms with Gasteiger partial charge in [0.05, 0.1) is 0 Å². The van der Waals surface area contributed by atoms with Crippen LogP contribution in [0.5, 0.6) is 0 Å². The summed E-state index contributed by atoms with van der Waals surface area (Å²) in [5.74, 6) is -0.132. The number of hydrogen-bond acceptors (Lipinski definition) is 4. The van der Waals surface area contributed by atoms with Crippen LogP contribution in [0.3, 0.4) is 0 Å². The quantitative estimate of drug-likeness (QED) is 0.499. The van der Waals surface area contributed by atoms with Crippen molar-refractivity contribution in [2.75, 3.05) is 20.2 Å². The Hall–Kier alpha value is -2.21. The molecule has 1 heterocycles. The van der Waals surface area contributed by atoms with Gasteiger partial charge in [-0.15, -0.1) is 0 Å². The standard InChI is InChI=1S/C24H32N2O3/c1-20-18-24(28-3,15-17-25(20)16-14-22-10-6-4-7-11-22)26(21(2)27)29-19-23-12-8-5-9-13-23/h4-13,20H,14-19H2,1-3H3. The molecular formula is C24H32N2O3. The lowest BCUT2D eigenvalue weighted by Crippen LogP contribution is -2.60. The number of amides is 1. The summed E-state index contributed by atoms with van der Waals surface area (Å²) < 4.78 is 5.93. The molecule has 2 aromatic carbocycles. The highest BCUT2D eigenvalue weighted by molar-refractivity contribution is 5.72. The first-order chi connectivity index (χ1) is 14.0. The van der Waals surface area contributed by atoms with Crippen LogP contribution < -0.4 is 0 Å².